The topological polar surface area (TPSA) is 77.5 Å². The molecule has 4 aliphatic rings. The van der Waals surface area contributed by atoms with Crippen LogP contribution in [0, 0.1) is 16.7 Å². The van der Waals surface area contributed by atoms with E-state index in [-0.39, 0.29) is 42.0 Å². The number of halogens is 1. The van der Waals surface area contributed by atoms with Crippen LogP contribution in [0.25, 0.3) is 0 Å². The summed E-state index contributed by atoms with van der Waals surface area (Å²) in [6.45, 7) is 5.81. The van der Waals surface area contributed by atoms with E-state index in [2.05, 4.69) is 0 Å². The predicted octanol–water partition coefficient (Wildman–Crippen LogP) is 4.43. The fourth-order valence-electron chi connectivity index (χ4n) is 6.57. The van der Waals surface area contributed by atoms with Crippen LogP contribution in [0.1, 0.15) is 65.7 Å². The molecule has 5 nitrogen and oxygen atoms in total. The number of carbonyl (C=O) groups excluding carboxylic acids is 4. The first-order valence-electron chi connectivity index (χ1n) is 11.1. The van der Waals surface area contributed by atoms with Gasteiger partial charge >= 0.3 is 5.97 Å². The van der Waals surface area contributed by atoms with Crippen molar-refractivity contribution in [3.05, 3.63) is 34.9 Å². The first kappa shape index (κ1) is 22.2. The van der Waals surface area contributed by atoms with Crippen molar-refractivity contribution in [2.24, 2.45) is 16.7 Å². The zero-order valence-electron chi connectivity index (χ0n) is 18.4. The van der Waals surface area contributed by atoms with Crippen molar-refractivity contribution in [3.63, 3.8) is 0 Å². The number of ketones is 3. The van der Waals surface area contributed by atoms with Crippen LogP contribution >= 0.6 is 11.6 Å². The molecule has 0 aromatic heterocycles. The lowest BCUT2D eigenvalue weighted by Gasteiger charge is -2.51. The molecule has 0 aliphatic heterocycles. The normalized spacial score (nSPS) is 36.5. The first-order valence-corrected chi connectivity index (χ1v) is 11.7. The smallest absolute Gasteiger partial charge is 0.306 e. The standard InChI is InChI=1S/C25H29ClO5/c1-4-5-21(30)31-25(20(29)14-26)11-9-18-17-7-6-15-12-16(27)8-10-23(15,2)22(17)19(28)13-24(18,25)3/h8,10,12,18H,4-7,9,11,13-14H2,1-3H3/t18-,23-,24-,25-/m0/s1. The molecule has 0 bridgehead atoms. The number of esters is 1. The second kappa shape index (κ2) is 7.54. The average molecular weight is 445 g/mol. The maximum atomic E-state index is 13.6. The third-order valence-electron chi connectivity index (χ3n) is 8.09. The van der Waals surface area contributed by atoms with Crippen molar-refractivity contribution in [2.75, 3.05) is 5.88 Å². The Morgan fingerprint density at radius 3 is 2.65 bits per heavy atom. The van der Waals surface area contributed by atoms with E-state index in [1.165, 1.54) is 0 Å². The summed E-state index contributed by atoms with van der Waals surface area (Å²) >= 11 is 5.99. The molecule has 4 rings (SSSR count). The van der Waals surface area contributed by atoms with Gasteiger partial charge in [-0.25, -0.2) is 0 Å². The summed E-state index contributed by atoms with van der Waals surface area (Å²) in [6.07, 6.45) is 8.47. The Morgan fingerprint density at radius 1 is 1.23 bits per heavy atom. The van der Waals surface area contributed by atoms with Gasteiger partial charge < -0.3 is 4.74 Å². The van der Waals surface area contributed by atoms with Crippen molar-refractivity contribution in [1.29, 1.82) is 0 Å². The van der Waals surface area contributed by atoms with E-state index in [0.717, 1.165) is 16.7 Å². The van der Waals surface area contributed by atoms with E-state index in [1.807, 2.05) is 26.8 Å². The highest BCUT2D eigenvalue weighted by Gasteiger charge is 2.67. The predicted molar refractivity (Wildman–Crippen MR) is 117 cm³/mol. The number of hydrogen-bond donors (Lipinski definition) is 0. The van der Waals surface area contributed by atoms with E-state index in [4.69, 9.17) is 16.3 Å². The van der Waals surface area contributed by atoms with Crippen molar-refractivity contribution in [1.82, 2.24) is 0 Å². The van der Waals surface area contributed by atoms with E-state index < -0.39 is 22.4 Å². The minimum Gasteiger partial charge on any atom is -0.450 e. The second-order valence-electron chi connectivity index (χ2n) is 9.72. The van der Waals surface area contributed by atoms with Gasteiger partial charge in [0.25, 0.3) is 0 Å². The lowest BCUT2D eigenvalue weighted by Crippen LogP contribution is -2.58. The third kappa shape index (κ3) is 3.03. The maximum absolute atomic E-state index is 13.6. The maximum Gasteiger partial charge on any atom is 0.306 e. The Morgan fingerprint density at radius 2 is 1.97 bits per heavy atom. The number of ether oxygens (including phenoxy) is 1. The van der Waals surface area contributed by atoms with Crippen molar-refractivity contribution in [3.8, 4) is 0 Å². The third-order valence-corrected chi connectivity index (χ3v) is 8.33. The summed E-state index contributed by atoms with van der Waals surface area (Å²) in [5.41, 5.74) is 0.0458. The molecule has 0 radical (unpaired) electrons. The van der Waals surface area contributed by atoms with E-state index in [9.17, 15) is 19.2 Å². The number of allylic oxidation sites excluding steroid dienone is 6. The van der Waals surface area contributed by atoms with Crippen LogP contribution in [0.2, 0.25) is 0 Å². The minimum atomic E-state index is -1.37. The Balaban J connectivity index is 1.82. The molecular weight excluding hydrogens is 416 g/mol. The fraction of sp³-hybridized carbons (Fsp3) is 0.600. The van der Waals surface area contributed by atoms with Gasteiger partial charge in [-0.05, 0) is 57.1 Å². The van der Waals surface area contributed by atoms with Crippen molar-refractivity contribution >= 4 is 34.9 Å². The molecule has 0 heterocycles. The zero-order chi connectivity index (χ0) is 22.6. The number of rotatable bonds is 5. The molecule has 6 heteroatoms. The van der Waals surface area contributed by atoms with Crippen LogP contribution < -0.4 is 0 Å². The Bertz CT molecular complexity index is 972. The van der Waals surface area contributed by atoms with Gasteiger partial charge in [-0.2, -0.15) is 0 Å². The zero-order valence-corrected chi connectivity index (χ0v) is 19.1. The summed E-state index contributed by atoms with van der Waals surface area (Å²) in [5, 5.41) is 0. The summed E-state index contributed by atoms with van der Waals surface area (Å²) in [5.74, 6) is -1.08. The summed E-state index contributed by atoms with van der Waals surface area (Å²) < 4.78 is 5.92. The van der Waals surface area contributed by atoms with Gasteiger partial charge in [-0.3, -0.25) is 19.2 Å². The molecule has 1 saturated carbocycles. The summed E-state index contributed by atoms with van der Waals surface area (Å²) in [6, 6.07) is 0. The highest BCUT2D eigenvalue weighted by molar-refractivity contribution is 6.29. The molecule has 4 aliphatic carbocycles. The van der Waals surface area contributed by atoms with Crippen LogP contribution in [0.5, 0.6) is 0 Å². The number of fused-ring (bicyclic) bond motifs is 4. The van der Waals surface area contributed by atoms with Gasteiger partial charge in [-0.15, -0.1) is 11.6 Å². The van der Waals surface area contributed by atoms with Crippen LogP contribution in [0.15, 0.2) is 34.9 Å². The van der Waals surface area contributed by atoms with Crippen LogP contribution in [0.3, 0.4) is 0 Å². The number of hydrogen-bond acceptors (Lipinski definition) is 5. The lowest BCUT2D eigenvalue weighted by atomic mass is 9.53. The fourth-order valence-corrected chi connectivity index (χ4v) is 6.78. The minimum absolute atomic E-state index is 0.0268. The highest BCUT2D eigenvalue weighted by Crippen LogP contribution is 2.64. The van der Waals surface area contributed by atoms with E-state index in [0.29, 0.717) is 32.1 Å². The van der Waals surface area contributed by atoms with Gasteiger partial charge in [0.15, 0.2) is 23.0 Å². The van der Waals surface area contributed by atoms with E-state index >= 15 is 0 Å². The molecule has 0 saturated heterocycles. The molecule has 0 aromatic carbocycles. The quantitative estimate of drug-likeness (QED) is 0.463. The van der Waals surface area contributed by atoms with Gasteiger partial charge in [0.05, 0.1) is 5.88 Å². The van der Waals surface area contributed by atoms with Gasteiger partial charge in [-0.1, -0.05) is 31.1 Å². The Labute approximate surface area is 187 Å². The number of carbonyl (C=O) groups is 4. The molecule has 31 heavy (non-hydrogen) atoms. The second-order valence-corrected chi connectivity index (χ2v) is 9.99. The molecular formula is C25H29ClO5. The molecule has 1 fully saturated rings. The molecule has 166 valence electrons. The van der Waals surface area contributed by atoms with Gasteiger partial charge in [0.2, 0.25) is 0 Å². The molecule has 0 unspecified atom stereocenters. The molecule has 0 amide bonds. The largest absolute Gasteiger partial charge is 0.450 e. The van der Waals surface area contributed by atoms with Gasteiger partial charge in [0, 0.05) is 29.2 Å². The Kier molecular flexibility index (Phi) is 5.40. The van der Waals surface area contributed by atoms with Crippen LogP contribution in [-0.4, -0.2) is 34.8 Å². The number of alkyl halides is 1. The van der Waals surface area contributed by atoms with Crippen LogP contribution in [-0.2, 0) is 23.9 Å². The lowest BCUT2D eigenvalue weighted by molar-refractivity contribution is -0.182. The Hall–Kier alpha value is -2.01. The highest BCUT2D eigenvalue weighted by atomic mass is 35.5. The molecule has 0 aromatic rings. The first-order chi connectivity index (χ1) is 14.6. The van der Waals surface area contributed by atoms with Crippen molar-refractivity contribution < 1.29 is 23.9 Å². The summed E-state index contributed by atoms with van der Waals surface area (Å²) in [4.78, 5) is 51.2. The summed E-state index contributed by atoms with van der Waals surface area (Å²) in [7, 11) is 0. The SMILES string of the molecule is CCCC(=O)O[C@]1(C(=O)CCl)CC[C@H]2C3=C(C(=O)C[C@@]21C)[C@@]1(C)C=CC(=O)C=C1CC3. The monoisotopic (exact) mass is 444 g/mol. The van der Waals surface area contributed by atoms with Crippen molar-refractivity contribution in [2.45, 2.75) is 71.3 Å². The molecule has 4 atom stereocenters. The average Bonchev–Trinajstić information content (AvgIpc) is 3.00. The van der Waals surface area contributed by atoms with Gasteiger partial charge in [0.1, 0.15) is 0 Å². The van der Waals surface area contributed by atoms with Crippen LogP contribution in [0.4, 0.5) is 0 Å². The molecule has 0 N–H and O–H groups in total. The number of Topliss-reactive ketones (excluding diaryl/α,β-unsaturated/α-hetero) is 2. The molecule has 0 spiro atoms. The van der Waals surface area contributed by atoms with E-state index in [1.54, 1.807) is 12.2 Å².